The van der Waals surface area contributed by atoms with Crippen molar-refractivity contribution in [3.8, 4) is 0 Å². The zero-order valence-electron chi connectivity index (χ0n) is 7.90. The smallest absolute Gasteiger partial charge is 0.215 e. The van der Waals surface area contributed by atoms with Crippen LogP contribution in [0.5, 0.6) is 0 Å². The average Bonchev–Trinajstić information content (AvgIpc) is 2.64. The first-order valence-electron chi connectivity index (χ1n) is 4.25. The van der Waals surface area contributed by atoms with Gasteiger partial charge in [0.1, 0.15) is 5.69 Å². The summed E-state index contributed by atoms with van der Waals surface area (Å²) in [6.07, 6.45) is 3.24. The van der Waals surface area contributed by atoms with Gasteiger partial charge in [-0.25, -0.2) is 0 Å². The van der Waals surface area contributed by atoms with E-state index < -0.39 is 0 Å². The standard InChI is InChI=1S/C10H7BrN2OS/c1-6-2-3-12-4-7(6)10(14)9-8(11)5-15-13-9/h2-5H,1H3. The van der Waals surface area contributed by atoms with Crippen LogP contribution in [-0.2, 0) is 0 Å². The van der Waals surface area contributed by atoms with Gasteiger partial charge in [0.05, 0.1) is 4.47 Å². The molecule has 0 saturated carbocycles. The summed E-state index contributed by atoms with van der Waals surface area (Å²) in [5.74, 6) is -0.0891. The van der Waals surface area contributed by atoms with Crippen LogP contribution in [0.4, 0.5) is 0 Å². The van der Waals surface area contributed by atoms with Crippen LogP contribution < -0.4 is 0 Å². The fourth-order valence-corrected chi connectivity index (χ4v) is 2.38. The van der Waals surface area contributed by atoms with Crippen LogP contribution in [0, 0.1) is 6.92 Å². The van der Waals surface area contributed by atoms with E-state index in [0.717, 1.165) is 10.0 Å². The number of hydrogen-bond acceptors (Lipinski definition) is 4. The predicted octanol–water partition coefficient (Wildman–Crippen LogP) is 2.84. The molecule has 0 amide bonds. The maximum atomic E-state index is 12.0. The Morgan fingerprint density at radius 2 is 2.33 bits per heavy atom. The molecule has 76 valence electrons. The fraction of sp³-hybridized carbons (Fsp3) is 0.100. The summed E-state index contributed by atoms with van der Waals surface area (Å²) in [4.78, 5) is 16.0. The maximum Gasteiger partial charge on any atom is 0.215 e. The molecular weight excluding hydrogens is 276 g/mol. The zero-order chi connectivity index (χ0) is 10.8. The SMILES string of the molecule is Cc1ccncc1C(=O)c1nscc1Br. The van der Waals surface area contributed by atoms with Crippen LogP contribution in [0.2, 0.25) is 0 Å². The lowest BCUT2D eigenvalue weighted by Gasteiger charge is -2.01. The van der Waals surface area contributed by atoms with Gasteiger partial charge >= 0.3 is 0 Å². The van der Waals surface area contributed by atoms with E-state index in [9.17, 15) is 4.79 Å². The Balaban J connectivity index is 2.46. The van der Waals surface area contributed by atoms with Gasteiger partial charge in [-0.15, -0.1) is 0 Å². The van der Waals surface area contributed by atoms with Gasteiger partial charge < -0.3 is 0 Å². The van der Waals surface area contributed by atoms with Gasteiger partial charge in [0.25, 0.3) is 0 Å². The van der Waals surface area contributed by atoms with Gasteiger partial charge in [0.2, 0.25) is 5.78 Å². The molecule has 5 heteroatoms. The van der Waals surface area contributed by atoms with Gasteiger partial charge in [0.15, 0.2) is 0 Å². The first kappa shape index (κ1) is 10.4. The molecule has 0 aliphatic heterocycles. The number of carbonyl (C=O) groups excluding carboxylic acids is 1. The first-order valence-corrected chi connectivity index (χ1v) is 5.88. The van der Waals surface area contributed by atoms with E-state index in [-0.39, 0.29) is 5.78 Å². The summed E-state index contributed by atoms with van der Waals surface area (Å²) >= 11 is 4.55. The molecule has 3 nitrogen and oxygen atoms in total. The van der Waals surface area contributed by atoms with Crippen molar-refractivity contribution in [1.29, 1.82) is 0 Å². The Morgan fingerprint density at radius 3 is 2.93 bits per heavy atom. The Kier molecular flexibility index (Phi) is 2.93. The van der Waals surface area contributed by atoms with Gasteiger partial charge in [-0.1, -0.05) is 0 Å². The average molecular weight is 283 g/mol. The quantitative estimate of drug-likeness (QED) is 0.796. The van der Waals surface area contributed by atoms with Crippen molar-refractivity contribution < 1.29 is 4.79 Å². The molecule has 0 fully saturated rings. The molecule has 2 rings (SSSR count). The largest absolute Gasteiger partial charge is 0.287 e. The van der Waals surface area contributed by atoms with Crippen LogP contribution in [0.3, 0.4) is 0 Å². The molecule has 0 N–H and O–H groups in total. The van der Waals surface area contributed by atoms with Crippen molar-refractivity contribution in [2.45, 2.75) is 6.92 Å². The summed E-state index contributed by atoms with van der Waals surface area (Å²) in [7, 11) is 0. The van der Waals surface area contributed by atoms with Gasteiger partial charge in [-0.3, -0.25) is 9.78 Å². The van der Waals surface area contributed by atoms with Crippen LogP contribution >= 0.6 is 27.5 Å². The van der Waals surface area contributed by atoms with E-state index in [1.54, 1.807) is 17.8 Å². The highest BCUT2D eigenvalue weighted by atomic mass is 79.9. The second kappa shape index (κ2) is 4.20. The van der Waals surface area contributed by atoms with E-state index in [4.69, 9.17) is 0 Å². The number of halogens is 1. The van der Waals surface area contributed by atoms with Gasteiger partial charge in [0, 0.05) is 23.3 Å². The van der Waals surface area contributed by atoms with Crippen molar-refractivity contribution in [2.24, 2.45) is 0 Å². The van der Waals surface area contributed by atoms with E-state index in [2.05, 4.69) is 25.3 Å². The molecule has 15 heavy (non-hydrogen) atoms. The monoisotopic (exact) mass is 282 g/mol. The Hall–Kier alpha value is -1.07. The van der Waals surface area contributed by atoms with E-state index in [1.165, 1.54) is 11.5 Å². The summed E-state index contributed by atoms with van der Waals surface area (Å²) in [6, 6.07) is 1.81. The molecule has 2 aromatic heterocycles. The number of aryl methyl sites for hydroxylation is 1. The minimum absolute atomic E-state index is 0.0891. The summed E-state index contributed by atoms with van der Waals surface area (Å²) in [5, 5.41) is 1.79. The molecule has 0 spiro atoms. The van der Waals surface area contributed by atoms with Crippen LogP contribution in [0.25, 0.3) is 0 Å². The summed E-state index contributed by atoms with van der Waals surface area (Å²) < 4.78 is 4.79. The van der Waals surface area contributed by atoms with Crippen molar-refractivity contribution in [3.63, 3.8) is 0 Å². The minimum atomic E-state index is -0.0891. The van der Waals surface area contributed by atoms with Crippen LogP contribution in [-0.4, -0.2) is 15.1 Å². The summed E-state index contributed by atoms with van der Waals surface area (Å²) in [6.45, 7) is 1.88. The predicted molar refractivity (Wildman–Crippen MR) is 62.2 cm³/mol. The number of hydrogen-bond donors (Lipinski definition) is 0. The molecule has 0 aliphatic carbocycles. The minimum Gasteiger partial charge on any atom is -0.287 e. The molecule has 0 radical (unpaired) electrons. The molecular formula is C10H7BrN2OS. The van der Waals surface area contributed by atoms with Crippen molar-refractivity contribution >= 4 is 33.2 Å². The molecule has 2 heterocycles. The molecule has 0 atom stereocenters. The Morgan fingerprint density at radius 1 is 1.53 bits per heavy atom. The van der Waals surface area contributed by atoms with Gasteiger partial charge in [-0.2, -0.15) is 4.37 Å². The Bertz CT molecular complexity index is 510. The molecule has 0 aromatic carbocycles. The van der Waals surface area contributed by atoms with Crippen molar-refractivity contribution in [2.75, 3.05) is 0 Å². The molecule has 0 bridgehead atoms. The third-order valence-corrected chi connectivity index (χ3v) is 3.56. The maximum absolute atomic E-state index is 12.0. The van der Waals surface area contributed by atoms with Crippen molar-refractivity contribution in [1.82, 2.24) is 9.36 Å². The molecule has 2 aromatic rings. The molecule has 0 aliphatic rings. The number of aromatic nitrogens is 2. The van der Waals surface area contributed by atoms with Crippen molar-refractivity contribution in [3.05, 3.63) is 45.1 Å². The lowest BCUT2D eigenvalue weighted by molar-refractivity contribution is 0.103. The number of rotatable bonds is 2. The number of ketones is 1. The number of pyridine rings is 1. The van der Waals surface area contributed by atoms with Gasteiger partial charge in [-0.05, 0) is 46.0 Å². The lowest BCUT2D eigenvalue weighted by atomic mass is 10.1. The zero-order valence-corrected chi connectivity index (χ0v) is 10.3. The molecule has 0 unspecified atom stereocenters. The fourth-order valence-electron chi connectivity index (χ4n) is 1.20. The summed E-state index contributed by atoms with van der Waals surface area (Å²) in [5.41, 5.74) is 1.97. The second-order valence-corrected chi connectivity index (χ2v) is 4.51. The third-order valence-electron chi connectivity index (χ3n) is 2.03. The highest BCUT2D eigenvalue weighted by Crippen LogP contribution is 2.21. The highest BCUT2D eigenvalue weighted by molar-refractivity contribution is 9.10. The Labute approximate surface area is 99.5 Å². The molecule has 0 saturated heterocycles. The van der Waals surface area contributed by atoms with Crippen LogP contribution in [0.15, 0.2) is 28.3 Å². The first-order chi connectivity index (χ1) is 7.20. The van der Waals surface area contributed by atoms with E-state index >= 15 is 0 Å². The second-order valence-electron chi connectivity index (χ2n) is 3.03. The normalized spacial score (nSPS) is 10.3. The van der Waals surface area contributed by atoms with Crippen LogP contribution in [0.1, 0.15) is 21.6 Å². The van der Waals surface area contributed by atoms with E-state index in [1.807, 2.05) is 13.0 Å². The topological polar surface area (TPSA) is 42.9 Å². The lowest BCUT2D eigenvalue weighted by Crippen LogP contribution is -2.05. The highest BCUT2D eigenvalue weighted by Gasteiger charge is 2.17. The third kappa shape index (κ3) is 1.98. The van der Waals surface area contributed by atoms with E-state index in [0.29, 0.717) is 11.3 Å². The number of nitrogens with zero attached hydrogens (tertiary/aromatic N) is 2. The number of carbonyl (C=O) groups is 1.